The molecule has 0 aliphatic heterocycles. The molecule has 3 atom stereocenters. The maximum Gasteiger partial charge on any atom is 0.222 e. The quantitative estimate of drug-likeness (QED) is 0.845. The Morgan fingerprint density at radius 3 is 2.62 bits per heavy atom. The molecule has 3 nitrogen and oxygen atoms in total. The fraction of sp³-hybridized carbons (Fsp3) is 0.611. The van der Waals surface area contributed by atoms with Gasteiger partial charge >= 0.3 is 0 Å². The first-order valence-electron chi connectivity index (χ1n) is 8.20. The smallest absolute Gasteiger partial charge is 0.222 e. The van der Waals surface area contributed by atoms with Gasteiger partial charge in [-0.3, -0.25) is 4.79 Å². The first-order valence-corrected chi connectivity index (χ1v) is 8.20. The first-order chi connectivity index (χ1) is 10.1. The van der Waals surface area contributed by atoms with Crippen LogP contribution in [-0.4, -0.2) is 24.4 Å². The van der Waals surface area contributed by atoms with Gasteiger partial charge in [0.15, 0.2) is 0 Å². The van der Waals surface area contributed by atoms with Crippen molar-refractivity contribution in [3.05, 3.63) is 29.8 Å². The summed E-state index contributed by atoms with van der Waals surface area (Å²) in [4.78, 5) is 14.2. The third kappa shape index (κ3) is 3.39. The summed E-state index contributed by atoms with van der Waals surface area (Å²) in [5.41, 5.74) is 7.64. The molecule has 3 heteroatoms. The molecule has 3 rings (SSSR count). The van der Waals surface area contributed by atoms with Gasteiger partial charge < -0.3 is 10.6 Å². The average Bonchev–Trinajstić information content (AvgIpc) is 3.09. The van der Waals surface area contributed by atoms with E-state index in [0.717, 1.165) is 36.4 Å². The highest BCUT2D eigenvalue weighted by Gasteiger charge is 2.39. The Balaban J connectivity index is 1.45. The molecule has 114 valence electrons. The molecule has 0 saturated heterocycles. The lowest BCUT2D eigenvalue weighted by Crippen LogP contribution is -2.33. The molecule has 2 aliphatic rings. The number of carbonyl (C=O) groups is 1. The lowest BCUT2D eigenvalue weighted by molar-refractivity contribution is -0.130. The Kier molecular flexibility index (Phi) is 4.18. The SMILES string of the molecule is CN(CC1CC2CCC1C2)C(=O)CCc1ccc(N)cc1. The van der Waals surface area contributed by atoms with Crippen LogP contribution in [-0.2, 0) is 11.2 Å². The Morgan fingerprint density at radius 1 is 1.24 bits per heavy atom. The molecule has 2 N–H and O–H groups in total. The number of hydrogen-bond donors (Lipinski definition) is 1. The number of nitrogen functional groups attached to an aromatic ring is 1. The summed E-state index contributed by atoms with van der Waals surface area (Å²) in [5, 5.41) is 0. The summed E-state index contributed by atoms with van der Waals surface area (Å²) >= 11 is 0. The lowest BCUT2D eigenvalue weighted by atomic mass is 9.88. The number of aryl methyl sites for hydroxylation is 1. The monoisotopic (exact) mass is 286 g/mol. The fourth-order valence-electron chi connectivity index (χ4n) is 4.18. The predicted octanol–water partition coefficient (Wildman–Crippen LogP) is 3.10. The van der Waals surface area contributed by atoms with Gasteiger partial charge in [-0.05, 0) is 61.1 Å². The minimum Gasteiger partial charge on any atom is -0.399 e. The van der Waals surface area contributed by atoms with E-state index in [1.54, 1.807) is 0 Å². The van der Waals surface area contributed by atoms with E-state index in [2.05, 4.69) is 0 Å². The van der Waals surface area contributed by atoms with Crippen LogP contribution in [0.4, 0.5) is 5.69 Å². The van der Waals surface area contributed by atoms with Crippen LogP contribution in [0.3, 0.4) is 0 Å². The second-order valence-electron chi connectivity index (χ2n) is 6.95. The molecule has 0 spiro atoms. The van der Waals surface area contributed by atoms with Crippen LogP contribution in [0.5, 0.6) is 0 Å². The summed E-state index contributed by atoms with van der Waals surface area (Å²) < 4.78 is 0. The van der Waals surface area contributed by atoms with Crippen molar-refractivity contribution in [2.75, 3.05) is 19.3 Å². The number of anilines is 1. The van der Waals surface area contributed by atoms with E-state index >= 15 is 0 Å². The third-order valence-electron chi connectivity index (χ3n) is 5.43. The highest BCUT2D eigenvalue weighted by Crippen LogP contribution is 2.48. The van der Waals surface area contributed by atoms with Crippen molar-refractivity contribution in [2.24, 2.45) is 17.8 Å². The van der Waals surface area contributed by atoms with E-state index < -0.39 is 0 Å². The van der Waals surface area contributed by atoms with E-state index in [1.807, 2.05) is 36.2 Å². The molecule has 2 saturated carbocycles. The summed E-state index contributed by atoms with van der Waals surface area (Å²) in [5.74, 6) is 2.88. The standard InChI is InChI=1S/C18H26N2O/c1-20(12-16-11-14-2-6-15(16)10-14)18(21)9-5-13-3-7-17(19)8-4-13/h3-4,7-8,14-16H,2,5-6,9-12,19H2,1H3. The Labute approximate surface area is 127 Å². The van der Waals surface area contributed by atoms with Crippen molar-refractivity contribution in [1.82, 2.24) is 4.90 Å². The highest BCUT2D eigenvalue weighted by molar-refractivity contribution is 5.76. The second-order valence-corrected chi connectivity index (χ2v) is 6.95. The van der Waals surface area contributed by atoms with Crippen LogP contribution in [0, 0.1) is 17.8 Å². The molecule has 2 fully saturated rings. The molecule has 2 bridgehead atoms. The van der Waals surface area contributed by atoms with E-state index in [-0.39, 0.29) is 5.91 Å². The molecule has 3 unspecified atom stereocenters. The molecule has 1 aromatic carbocycles. The second kappa shape index (κ2) is 6.08. The summed E-state index contributed by atoms with van der Waals surface area (Å²) in [7, 11) is 1.97. The number of rotatable bonds is 5. The summed E-state index contributed by atoms with van der Waals surface area (Å²) in [6, 6.07) is 7.83. The largest absolute Gasteiger partial charge is 0.399 e. The molecule has 0 heterocycles. The van der Waals surface area contributed by atoms with Crippen molar-refractivity contribution in [2.45, 2.75) is 38.5 Å². The first kappa shape index (κ1) is 14.4. The Bertz CT molecular complexity index is 496. The maximum atomic E-state index is 12.3. The van der Waals surface area contributed by atoms with Crippen LogP contribution >= 0.6 is 0 Å². The van der Waals surface area contributed by atoms with Crippen molar-refractivity contribution in [3.63, 3.8) is 0 Å². The van der Waals surface area contributed by atoms with Gasteiger partial charge in [-0.15, -0.1) is 0 Å². The van der Waals surface area contributed by atoms with Gasteiger partial charge in [0.05, 0.1) is 0 Å². The molecule has 1 aromatic rings. The van der Waals surface area contributed by atoms with Gasteiger partial charge in [0.25, 0.3) is 0 Å². The Morgan fingerprint density at radius 2 is 2.00 bits per heavy atom. The highest BCUT2D eigenvalue weighted by atomic mass is 16.2. The zero-order chi connectivity index (χ0) is 14.8. The van der Waals surface area contributed by atoms with Crippen LogP contribution in [0.1, 0.15) is 37.7 Å². The molecular formula is C18H26N2O. The van der Waals surface area contributed by atoms with Crippen LogP contribution < -0.4 is 5.73 Å². The number of nitrogens with zero attached hydrogens (tertiary/aromatic N) is 1. The van der Waals surface area contributed by atoms with Crippen molar-refractivity contribution >= 4 is 11.6 Å². The molecule has 2 aliphatic carbocycles. The van der Waals surface area contributed by atoms with Gasteiger partial charge in [-0.2, -0.15) is 0 Å². The molecule has 0 radical (unpaired) electrons. The fourth-order valence-corrected chi connectivity index (χ4v) is 4.18. The number of nitrogens with two attached hydrogens (primary N) is 1. The van der Waals surface area contributed by atoms with Crippen LogP contribution in [0.25, 0.3) is 0 Å². The summed E-state index contributed by atoms with van der Waals surface area (Å²) in [6.07, 6.45) is 6.98. The number of hydrogen-bond acceptors (Lipinski definition) is 2. The predicted molar refractivity (Wildman–Crippen MR) is 85.8 cm³/mol. The lowest BCUT2D eigenvalue weighted by Gasteiger charge is -2.27. The molecule has 21 heavy (non-hydrogen) atoms. The normalized spacial score (nSPS) is 27.0. The minimum atomic E-state index is 0.273. The zero-order valence-corrected chi connectivity index (χ0v) is 12.9. The number of benzene rings is 1. The molecule has 1 amide bonds. The van der Waals surface area contributed by atoms with Crippen molar-refractivity contribution < 1.29 is 4.79 Å². The van der Waals surface area contributed by atoms with Gasteiger partial charge in [0.1, 0.15) is 0 Å². The van der Waals surface area contributed by atoms with Gasteiger partial charge in [-0.1, -0.05) is 18.6 Å². The molecule has 0 aromatic heterocycles. The van der Waals surface area contributed by atoms with Crippen LogP contribution in [0.15, 0.2) is 24.3 Å². The zero-order valence-electron chi connectivity index (χ0n) is 12.9. The minimum absolute atomic E-state index is 0.273. The van der Waals surface area contributed by atoms with E-state index in [1.165, 1.54) is 31.2 Å². The Hall–Kier alpha value is -1.51. The number of fused-ring (bicyclic) bond motifs is 2. The maximum absolute atomic E-state index is 12.3. The van der Waals surface area contributed by atoms with Gasteiger partial charge in [-0.25, -0.2) is 0 Å². The summed E-state index contributed by atoms with van der Waals surface area (Å²) in [6.45, 7) is 0.960. The van der Waals surface area contributed by atoms with E-state index in [9.17, 15) is 4.79 Å². The van der Waals surface area contributed by atoms with Gasteiger partial charge in [0.2, 0.25) is 5.91 Å². The van der Waals surface area contributed by atoms with Crippen molar-refractivity contribution in [3.8, 4) is 0 Å². The number of amides is 1. The van der Waals surface area contributed by atoms with Gasteiger partial charge in [0, 0.05) is 25.7 Å². The average molecular weight is 286 g/mol. The third-order valence-corrected chi connectivity index (χ3v) is 5.43. The topological polar surface area (TPSA) is 46.3 Å². The van der Waals surface area contributed by atoms with Crippen LogP contribution in [0.2, 0.25) is 0 Å². The number of carbonyl (C=O) groups excluding carboxylic acids is 1. The van der Waals surface area contributed by atoms with E-state index in [4.69, 9.17) is 5.73 Å². The van der Waals surface area contributed by atoms with Crippen molar-refractivity contribution in [1.29, 1.82) is 0 Å². The molecular weight excluding hydrogens is 260 g/mol. The van der Waals surface area contributed by atoms with E-state index in [0.29, 0.717) is 6.42 Å².